The summed E-state index contributed by atoms with van der Waals surface area (Å²) < 4.78 is 5.33. The zero-order chi connectivity index (χ0) is 11.5. The number of rotatable bonds is 0. The van der Waals surface area contributed by atoms with Gasteiger partial charge in [0.05, 0.1) is 0 Å². The topological polar surface area (TPSA) is 29.5 Å². The summed E-state index contributed by atoms with van der Waals surface area (Å²) in [6.45, 7) is 9.24. The number of likely N-dealkylation sites (tertiary alicyclic amines) is 1. The first-order valence-corrected chi connectivity index (χ1v) is 5.54. The highest BCUT2D eigenvalue weighted by molar-refractivity contribution is 5.68. The number of piperidine rings is 1. The number of ether oxygens (including phenoxy) is 1. The highest BCUT2D eigenvalue weighted by Gasteiger charge is 2.24. The van der Waals surface area contributed by atoms with Crippen LogP contribution in [0.1, 0.15) is 40.5 Å². The van der Waals surface area contributed by atoms with E-state index in [2.05, 4.69) is 6.08 Å². The van der Waals surface area contributed by atoms with Gasteiger partial charge in [0.1, 0.15) is 5.60 Å². The molecule has 0 unspecified atom stereocenters. The monoisotopic (exact) mass is 211 g/mol. The van der Waals surface area contributed by atoms with Crippen LogP contribution in [0.4, 0.5) is 4.79 Å². The SMILES string of the molecule is C/C=C1/CCCN(C(=O)OC(C)(C)C)C1. The molecule has 1 heterocycles. The normalized spacial score (nSPS) is 20.5. The second-order valence-electron chi connectivity index (χ2n) is 4.95. The standard InChI is InChI=1S/C12H21NO2/c1-5-10-7-6-8-13(9-10)11(14)15-12(2,3)4/h5H,6-9H2,1-4H3/b10-5-. The quantitative estimate of drug-likeness (QED) is 0.576. The van der Waals surface area contributed by atoms with Gasteiger partial charge in [-0.3, -0.25) is 0 Å². The molecule has 0 aromatic heterocycles. The predicted octanol–water partition coefficient (Wildman–Crippen LogP) is 2.96. The van der Waals surface area contributed by atoms with E-state index in [0.717, 1.165) is 25.9 Å². The van der Waals surface area contributed by atoms with Crippen LogP contribution in [0.25, 0.3) is 0 Å². The lowest BCUT2D eigenvalue weighted by Gasteiger charge is -2.31. The zero-order valence-electron chi connectivity index (χ0n) is 10.2. The number of hydrogen-bond acceptors (Lipinski definition) is 2. The van der Waals surface area contributed by atoms with E-state index in [0.29, 0.717) is 0 Å². The molecule has 0 saturated carbocycles. The fraction of sp³-hybridized carbons (Fsp3) is 0.750. The molecule has 1 aliphatic rings. The summed E-state index contributed by atoms with van der Waals surface area (Å²) in [4.78, 5) is 13.5. The maximum absolute atomic E-state index is 11.8. The van der Waals surface area contributed by atoms with E-state index in [1.165, 1.54) is 5.57 Å². The van der Waals surface area contributed by atoms with Crippen LogP contribution in [0.3, 0.4) is 0 Å². The Morgan fingerprint density at radius 3 is 2.67 bits per heavy atom. The summed E-state index contributed by atoms with van der Waals surface area (Å²) in [5.41, 5.74) is 0.928. The Labute approximate surface area is 92.1 Å². The largest absolute Gasteiger partial charge is 0.444 e. The Balaban J connectivity index is 2.53. The molecule has 1 amide bonds. The molecule has 1 saturated heterocycles. The van der Waals surface area contributed by atoms with Crippen molar-refractivity contribution in [1.82, 2.24) is 4.90 Å². The van der Waals surface area contributed by atoms with Crippen LogP contribution in [0.2, 0.25) is 0 Å². The van der Waals surface area contributed by atoms with Crippen LogP contribution in [-0.4, -0.2) is 29.7 Å². The van der Waals surface area contributed by atoms with Gasteiger partial charge in [-0.15, -0.1) is 0 Å². The Morgan fingerprint density at radius 1 is 1.47 bits per heavy atom. The van der Waals surface area contributed by atoms with Crippen molar-refractivity contribution < 1.29 is 9.53 Å². The van der Waals surface area contributed by atoms with Crippen LogP contribution in [-0.2, 0) is 4.74 Å². The maximum Gasteiger partial charge on any atom is 0.410 e. The molecule has 0 radical (unpaired) electrons. The highest BCUT2D eigenvalue weighted by Crippen LogP contribution is 2.18. The molecule has 3 heteroatoms. The molecule has 1 rings (SSSR count). The highest BCUT2D eigenvalue weighted by atomic mass is 16.6. The minimum Gasteiger partial charge on any atom is -0.444 e. The van der Waals surface area contributed by atoms with E-state index < -0.39 is 5.60 Å². The predicted molar refractivity (Wildman–Crippen MR) is 60.8 cm³/mol. The molecule has 0 atom stereocenters. The van der Waals surface area contributed by atoms with Gasteiger partial charge in [0.15, 0.2) is 0 Å². The minimum atomic E-state index is -0.398. The third kappa shape index (κ3) is 3.94. The van der Waals surface area contributed by atoms with Crippen molar-refractivity contribution in [3.63, 3.8) is 0 Å². The molecule has 86 valence electrons. The molecular weight excluding hydrogens is 190 g/mol. The van der Waals surface area contributed by atoms with Crippen LogP contribution >= 0.6 is 0 Å². The lowest BCUT2D eigenvalue weighted by molar-refractivity contribution is 0.0247. The lowest BCUT2D eigenvalue weighted by atomic mass is 10.1. The van der Waals surface area contributed by atoms with Crippen molar-refractivity contribution >= 4 is 6.09 Å². The Morgan fingerprint density at radius 2 is 2.13 bits per heavy atom. The fourth-order valence-electron chi connectivity index (χ4n) is 1.62. The average molecular weight is 211 g/mol. The van der Waals surface area contributed by atoms with Crippen molar-refractivity contribution in [2.45, 2.75) is 46.1 Å². The van der Waals surface area contributed by atoms with Crippen LogP contribution < -0.4 is 0 Å². The van der Waals surface area contributed by atoms with Crippen molar-refractivity contribution in [3.05, 3.63) is 11.6 Å². The number of allylic oxidation sites excluding steroid dienone is 1. The van der Waals surface area contributed by atoms with Gasteiger partial charge in [0, 0.05) is 13.1 Å². The first-order chi connectivity index (χ1) is 6.92. The van der Waals surface area contributed by atoms with Crippen LogP contribution in [0.15, 0.2) is 11.6 Å². The summed E-state index contributed by atoms with van der Waals surface area (Å²) in [6, 6.07) is 0. The van der Waals surface area contributed by atoms with E-state index in [9.17, 15) is 4.79 Å². The summed E-state index contributed by atoms with van der Waals surface area (Å²) >= 11 is 0. The van der Waals surface area contributed by atoms with E-state index in [-0.39, 0.29) is 6.09 Å². The average Bonchev–Trinajstić information content (AvgIpc) is 2.15. The summed E-state index contributed by atoms with van der Waals surface area (Å²) in [5.74, 6) is 0. The second-order valence-corrected chi connectivity index (χ2v) is 4.95. The number of hydrogen-bond donors (Lipinski definition) is 0. The zero-order valence-corrected chi connectivity index (χ0v) is 10.2. The fourth-order valence-corrected chi connectivity index (χ4v) is 1.62. The van der Waals surface area contributed by atoms with Crippen LogP contribution in [0, 0.1) is 0 Å². The van der Waals surface area contributed by atoms with E-state index in [4.69, 9.17) is 4.74 Å². The molecule has 0 aliphatic carbocycles. The van der Waals surface area contributed by atoms with Gasteiger partial charge < -0.3 is 9.64 Å². The molecule has 1 aliphatic heterocycles. The van der Waals surface area contributed by atoms with Crippen molar-refractivity contribution in [2.24, 2.45) is 0 Å². The number of amides is 1. The van der Waals surface area contributed by atoms with Crippen molar-refractivity contribution in [1.29, 1.82) is 0 Å². The van der Waals surface area contributed by atoms with Crippen molar-refractivity contribution in [3.8, 4) is 0 Å². The Bertz CT molecular complexity index is 263. The smallest absolute Gasteiger partial charge is 0.410 e. The minimum absolute atomic E-state index is 0.193. The first kappa shape index (κ1) is 12.1. The molecular formula is C12H21NO2. The summed E-state index contributed by atoms with van der Waals surface area (Å²) in [7, 11) is 0. The molecule has 0 bridgehead atoms. The second kappa shape index (κ2) is 4.69. The van der Waals surface area contributed by atoms with E-state index >= 15 is 0 Å². The van der Waals surface area contributed by atoms with E-state index in [1.807, 2.05) is 27.7 Å². The molecule has 15 heavy (non-hydrogen) atoms. The lowest BCUT2D eigenvalue weighted by Crippen LogP contribution is -2.40. The van der Waals surface area contributed by atoms with Gasteiger partial charge in [-0.25, -0.2) is 4.79 Å². The molecule has 0 spiro atoms. The molecule has 3 nitrogen and oxygen atoms in total. The maximum atomic E-state index is 11.8. The van der Waals surface area contributed by atoms with E-state index in [1.54, 1.807) is 4.90 Å². The van der Waals surface area contributed by atoms with Crippen molar-refractivity contribution in [2.75, 3.05) is 13.1 Å². The van der Waals surface area contributed by atoms with Gasteiger partial charge in [0.25, 0.3) is 0 Å². The Kier molecular flexibility index (Phi) is 3.77. The van der Waals surface area contributed by atoms with Gasteiger partial charge in [-0.1, -0.05) is 11.6 Å². The number of carbonyl (C=O) groups excluding carboxylic acids is 1. The van der Waals surface area contributed by atoms with Gasteiger partial charge >= 0.3 is 6.09 Å². The first-order valence-electron chi connectivity index (χ1n) is 5.54. The summed E-state index contributed by atoms with van der Waals surface area (Å²) in [6.07, 6.45) is 4.05. The molecule has 0 N–H and O–H groups in total. The number of nitrogens with zero attached hydrogens (tertiary/aromatic N) is 1. The molecule has 1 fully saturated rings. The Hall–Kier alpha value is -0.990. The molecule has 0 aromatic rings. The molecule has 0 aromatic carbocycles. The summed E-state index contributed by atoms with van der Waals surface area (Å²) in [5, 5.41) is 0. The third-order valence-electron chi connectivity index (χ3n) is 2.38. The number of carbonyl (C=O) groups is 1. The van der Waals surface area contributed by atoms with Crippen LogP contribution in [0.5, 0.6) is 0 Å². The van der Waals surface area contributed by atoms with Gasteiger partial charge in [-0.05, 0) is 40.5 Å². The van der Waals surface area contributed by atoms with Gasteiger partial charge in [-0.2, -0.15) is 0 Å². The van der Waals surface area contributed by atoms with Gasteiger partial charge in [0.2, 0.25) is 0 Å². The third-order valence-corrected chi connectivity index (χ3v) is 2.38.